The summed E-state index contributed by atoms with van der Waals surface area (Å²) in [5.74, 6) is 0.600. The number of rotatable bonds is 4. The fourth-order valence-corrected chi connectivity index (χ4v) is 3.89. The van der Waals surface area contributed by atoms with Crippen molar-refractivity contribution in [1.82, 2.24) is 10.3 Å². The van der Waals surface area contributed by atoms with E-state index in [1.54, 1.807) is 0 Å². The zero-order valence-electron chi connectivity index (χ0n) is 13.5. The first-order chi connectivity index (χ1) is 9.38. The molecule has 2 rings (SSSR count). The van der Waals surface area contributed by atoms with Crippen molar-refractivity contribution in [3.63, 3.8) is 0 Å². The fourth-order valence-electron chi connectivity index (χ4n) is 2.49. The number of hydrogen-bond donors (Lipinski definition) is 1. The lowest BCUT2D eigenvalue weighted by Gasteiger charge is -2.20. The summed E-state index contributed by atoms with van der Waals surface area (Å²) in [6.45, 7) is 13.9. The topological polar surface area (TPSA) is 34.1 Å². The van der Waals surface area contributed by atoms with Crippen molar-refractivity contribution in [1.29, 1.82) is 0 Å². The lowest BCUT2D eigenvalue weighted by atomic mass is 9.91. The van der Waals surface area contributed by atoms with Gasteiger partial charge in [0.05, 0.1) is 10.7 Å². The average Bonchev–Trinajstić information content (AvgIpc) is 2.81. The van der Waals surface area contributed by atoms with E-state index < -0.39 is 0 Å². The molecule has 0 spiro atoms. The number of hydrogen-bond acceptors (Lipinski definition) is 4. The second-order valence-corrected chi connectivity index (χ2v) is 8.11. The van der Waals surface area contributed by atoms with Gasteiger partial charge in [-0.05, 0) is 12.8 Å². The summed E-state index contributed by atoms with van der Waals surface area (Å²) in [5.41, 5.74) is 1.39. The normalized spacial score (nSPS) is 17.9. The Bertz CT molecular complexity index is 428. The molecule has 1 N–H and O–H groups in total. The van der Waals surface area contributed by atoms with Crippen LogP contribution in [-0.4, -0.2) is 24.2 Å². The van der Waals surface area contributed by atoms with Crippen molar-refractivity contribution in [2.75, 3.05) is 13.2 Å². The molecule has 0 unspecified atom stereocenters. The van der Waals surface area contributed by atoms with Crippen molar-refractivity contribution >= 4 is 11.3 Å². The van der Waals surface area contributed by atoms with E-state index in [0.717, 1.165) is 32.6 Å². The Balaban J connectivity index is 2.21. The summed E-state index contributed by atoms with van der Waals surface area (Å²) >= 11 is 1.91. The molecule has 1 aromatic rings. The molecule has 1 saturated heterocycles. The number of nitrogens with zero attached hydrogens (tertiary/aromatic N) is 1. The van der Waals surface area contributed by atoms with E-state index in [-0.39, 0.29) is 5.41 Å². The van der Waals surface area contributed by atoms with E-state index >= 15 is 0 Å². The highest BCUT2D eigenvalue weighted by Crippen LogP contribution is 2.36. The maximum atomic E-state index is 5.47. The van der Waals surface area contributed by atoms with E-state index in [9.17, 15) is 0 Å². The van der Waals surface area contributed by atoms with Crippen LogP contribution in [0, 0.1) is 0 Å². The van der Waals surface area contributed by atoms with Crippen molar-refractivity contribution < 1.29 is 4.74 Å². The summed E-state index contributed by atoms with van der Waals surface area (Å²) in [6.07, 6.45) is 2.24. The summed E-state index contributed by atoms with van der Waals surface area (Å²) in [4.78, 5) is 6.42. The summed E-state index contributed by atoms with van der Waals surface area (Å²) < 4.78 is 5.47. The Morgan fingerprint density at radius 3 is 2.50 bits per heavy atom. The van der Waals surface area contributed by atoms with Crippen LogP contribution in [0.3, 0.4) is 0 Å². The molecule has 0 bridgehead atoms. The Labute approximate surface area is 127 Å². The highest BCUT2D eigenvalue weighted by atomic mass is 32.1. The molecule has 1 aliphatic heterocycles. The van der Waals surface area contributed by atoms with Gasteiger partial charge in [0.2, 0.25) is 0 Å². The van der Waals surface area contributed by atoms with Gasteiger partial charge in [0.25, 0.3) is 0 Å². The minimum atomic E-state index is 0.119. The highest BCUT2D eigenvalue weighted by molar-refractivity contribution is 7.11. The predicted molar refractivity (Wildman–Crippen MR) is 85.6 cm³/mol. The molecule has 1 aliphatic rings. The molecular formula is C16H28N2OS. The minimum absolute atomic E-state index is 0.119. The van der Waals surface area contributed by atoms with Gasteiger partial charge in [-0.25, -0.2) is 4.98 Å². The zero-order valence-corrected chi connectivity index (χ0v) is 14.3. The van der Waals surface area contributed by atoms with Crippen LogP contribution in [0.2, 0.25) is 0 Å². The molecule has 0 atom stereocenters. The van der Waals surface area contributed by atoms with E-state index in [0.29, 0.717) is 12.0 Å². The first-order valence-corrected chi connectivity index (χ1v) is 8.50. The van der Waals surface area contributed by atoms with Crippen LogP contribution >= 0.6 is 11.3 Å². The third-order valence-corrected chi connectivity index (χ3v) is 4.88. The molecule has 1 aromatic heterocycles. The smallest absolute Gasteiger partial charge is 0.0964 e. The lowest BCUT2D eigenvalue weighted by Crippen LogP contribution is -2.23. The van der Waals surface area contributed by atoms with Gasteiger partial charge in [-0.3, -0.25) is 0 Å². The molecule has 0 saturated carbocycles. The molecule has 114 valence electrons. The van der Waals surface area contributed by atoms with Crippen molar-refractivity contribution in [2.24, 2.45) is 0 Å². The van der Waals surface area contributed by atoms with Gasteiger partial charge in [-0.1, -0.05) is 34.6 Å². The molecule has 1 fully saturated rings. The minimum Gasteiger partial charge on any atom is -0.381 e. The van der Waals surface area contributed by atoms with Crippen molar-refractivity contribution in [2.45, 2.75) is 71.4 Å². The summed E-state index contributed by atoms with van der Waals surface area (Å²) in [7, 11) is 0. The van der Waals surface area contributed by atoms with Crippen LogP contribution < -0.4 is 5.32 Å². The third kappa shape index (κ3) is 4.03. The lowest BCUT2D eigenvalue weighted by molar-refractivity contribution is 0.0852. The molecule has 0 aromatic carbocycles. The van der Waals surface area contributed by atoms with Crippen LogP contribution in [-0.2, 0) is 16.7 Å². The molecule has 0 amide bonds. The Kier molecular flexibility index (Phi) is 5.21. The molecule has 0 aliphatic carbocycles. The van der Waals surface area contributed by atoms with E-state index in [2.05, 4.69) is 39.9 Å². The third-order valence-electron chi connectivity index (χ3n) is 3.67. The van der Waals surface area contributed by atoms with Crippen LogP contribution in [0.1, 0.15) is 69.0 Å². The fraction of sp³-hybridized carbons (Fsp3) is 0.812. The number of nitrogens with one attached hydrogen (secondary N) is 1. The van der Waals surface area contributed by atoms with Gasteiger partial charge in [0, 0.05) is 42.0 Å². The Morgan fingerprint density at radius 1 is 1.30 bits per heavy atom. The van der Waals surface area contributed by atoms with Crippen molar-refractivity contribution in [3.8, 4) is 0 Å². The SMILES string of the molecule is CC(C)NCc1sc(C2CCOCC2)nc1C(C)(C)C. The number of aromatic nitrogens is 1. The molecule has 3 nitrogen and oxygen atoms in total. The molecule has 4 heteroatoms. The van der Waals surface area contributed by atoms with Gasteiger partial charge in [0.15, 0.2) is 0 Å². The van der Waals surface area contributed by atoms with Gasteiger partial charge in [0.1, 0.15) is 0 Å². The molecule has 20 heavy (non-hydrogen) atoms. The molecule has 0 radical (unpaired) electrons. The maximum Gasteiger partial charge on any atom is 0.0964 e. The first kappa shape index (κ1) is 15.9. The standard InChI is InChI=1S/C16H28N2OS/c1-11(2)17-10-13-14(16(3,4)5)18-15(20-13)12-6-8-19-9-7-12/h11-12,17H,6-10H2,1-5H3. The van der Waals surface area contributed by atoms with E-state index in [1.165, 1.54) is 15.6 Å². The van der Waals surface area contributed by atoms with Crippen molar-refractivity contribution in [3.05, 3.63) is 15.6 Å². The average molecular weight is 296 g/mol. The van der Waals surface area contributed by atoms with Gasteiger partial charge < -0.3 is 10.1 Å². The van der Waals surface area contributed by atoms with Crippen LogP contribution in [0.15, 0.2) is 0 Å². The van der Waals surface area contributed by atoms with Crippen LogP contribution in [0.5, 0.6) is 0 Å². The largest absolute Gasteiger partial charge is 0.381 e. The zero-order chi connectivity index (χ0) is 14.8. The van der Waals surface area contributed by atoms with Gasteiger partial charge >= 0.3 is 0 Å². The predicted octanol–water partition coefficient (Wildman–Crippen LogP) is 3.83. The number of ether oxygens (including phenoxy) is 1. The summed E-state index contributed by atoms with van der Waals surface area (Å²) in [6, 6.07) is 0.511. The van der Waals surface area contributed by atoms with Crippen LogP contribution in [0.4, 0.5) is 0 Å². The summed E-state index contributed by atoms with van der Waals surface area (Å²) in [5, 5.41) is 4.85. The monoisotopic (exact) mass is 296 g/mol. The molecular weight excluding hydrogens is 268 g/mol. The quantitative estimate of drug-likeness (QED) is 0.917. The number of thiazole rings is 1. The maximum absolute atomic E-state index is 5.47. The van der Waals surface area contributed by atoms with Gasteiger partial charge in [-0.15, -0.1) is 11.3 Å². The first-order valence-electron chi connectivity index (χ1n) is 7.69. The van der Waals surface area contributed by atoms with E-state index in [1.807, 2.05) is 11.3 Å². The van der Waals surface area contributed by atoms with Crippen LogP contribution in [0.25, 0.3) is 0 Å². The Morgan fingerprint density at radius 2 is 1.95 bits per heavy atom. The second kappa shape index (κ2) is 6.54. The molecule has 2 heterocycles. The van der Waals surface area contributed by atoms with Gasteiger partial charge in [-0.2, -0.15) is 0 Å². The highest BCUT2D eigenvalue weighted by Gasteiger charge is 2.27. The Hall–Kier alpha value is -0.450. The second-order valence-electron chi connectivity index (χ2n) is 7.00. The van der Waals surface area contributed by atoms with E-state index in [4.69, 9.17) is 9.72 Å².